The molecule has 0 bridgehead atoms. The van der Waals surface area contributed by atoms with Crippen molar-refractivity contribution in [3.63, 3.8) is 0 Å². The second-order valence-corrected chi connectivity index (χ2v) is 7.04. The number of methoxy groups -OCH3 is 1. The Morgan fingerprint density at radius 1 is 1.16 bits per heavy atom. The van der Waals surface area contributed by atoms with Gasteiger partial charge in [-0.3, -0.25) is 9.59 Å². The number of amides is 1. The van der Waals surface area contributed by atoms with Crippen molar-refractivity contribution in [1.82, 2.24) is 10.3 Å². The largest absolute Gasteiger partial charge is 0.469 e. The molecule has 7 heteroatoms. The van der Waals surface area contributed by atoms with Crippen molar-refractivity contribution in [2.45, 2.75) is 12.5 Å². The predicted octanol–water partition coefficient (Wildman–Crippen LogP) is 3.91. The van der Waals surface area contributed by atoms with Gasteiger partial charge in [-0.25, -0.2) is 4.98 Å². The summed E-state index contributed by atoms with van der Waals surface area (Å²) in [5.41, 5.74) is 1.19. The van der Waals surface area contributed by atoms with E-state index in [0.717, 1.165) is 15.4 Å². The molecule has 0 aliphatic heterocycles. The summed E-state index contributed by atoms with van der Waals surface area (Å²) in [5.74, 6) is -0.691. The van der Waals surface area contributed by atoms with E-state index in [9.17, 15) is 9.59 Å². The molecule has 1 amide bonds. The van der Waals surface area contributed by atoms with Gasteiger partial charge in [0.25, 0.3) is 5.91 Å². The van der Waals surface area contributed by atoms with Crippen molar-refractivity contribution in [3.8, 4) is 9.88 Å². The summed E-state index contributed by atoms with van der Waals surface area (Å²) in [7, 11) is 1.33. The molecule has 1 unspecified atom stereocenters. The Morgan fingerprint density at radius 3 is 2.64 bits per heavy atom. The minimum absolute atomic E-state index is 0.0637. The summed E-state index contributed by atoms with van der Waals surface area (Å²) in [6.45, 7) is 0. The van der Waals surface area contributed by atoms with E-state index in [1.165, 1.54) is 18.4 Å². The van der Waals surface area contributed by atoms with E-state index in [4.69, 9.17) is 4.74 Å². The van der Waals surface area contributed by atoms with Crippen LogP contribution in [0.3, 0.4) is 0 Å². The average molecular weight is 372 g/mol. The molecule has 3 aromatic rings. The highest BCUT2D eigenvalue weighted by Crippen LogP contribution is 2.28. The third-order valence-corrected chi connectivity index (χ3v) is 5.46. The Kier molecular flexibility index (Phi) is 5.57. The zero-order chi connectivity index (χ0) is 17.6. The van der Waals surface area contributed by atoms with Gasteiger partial charge < -0.3 is 10.1 Å². The Bertz CT molecular complexity index is 844. The standard InChI is InChI=1S/C18H16N2O3S2/c1-23-16(21)10-13(12-6-3-2-4-7-12)19-17(22)14-11-25-18(20-14)15-8-5-9-24-15/h2-9,11,13H,10H2,1H3,(H,19,22). The second kappa shape index (κ2) is 8.04. The summed E-state index contributed by atoms with van der Waals surface area (Å²) < 4.78 is 4.74. The third kappa shape index (κ3) is 4.32. The summed E-state index contributed by atoms with van der Waals surface area (Å²) in [6.07, 6.45) is 0.0637. The van der Waals surface area contributed by atoms with E-state index < -0.39 is 6.04 Å². The smallest absolute Gasteiger partial charge is 0.307 e. The molecule has 0 radical (unpaired) electrons. The molecule has 5 nitrogen and oxygen atoms in total. The number of aromatic nitrogens is 1. The number of ether oxygens (including phenoxy) is 1. The van der Waals surface area contributed by atoms with Gasteiger partial charge in [-0.05, 0) is 17.0 Å². The van der Waals surface area contributed by atoms with Gasteiger partial charge in [-0.2, -0.15) is 0 Å². The molecule has 0 fully saturated rings. The fourth-order valence-corrected chi connectivity index (χ4v) is 3.93. The number of thiophene rings is 1. The lowest BCUT2D eigenvalue weighted by Gasteiger charge is -2.17. The first-order valence-electron chi connectivity index (χ1n) is 7.59. The molecule has 2 aromatic heterocycles. The molecule has 1 N–H and O–H groups in total. The van der Waals surface area contributed by atoms with Crippen molar-refractivity contribution in [2.24, 2.45) is 0 Å². The monoisotopic (exact) mass is 372 g/mol. The molecule has 2 heterocycles. The highest BCUT2D eigenvalue weighted by atomic mass is 32.1. The van der Waals surface area contributed by atoms with Crippen LogP contribution in [0.15, 0.2) is 53.2 Å². The van der Waals surface area contributed by atoms with E-state index in [-0.39, 0.29) is 18.3 Å². The van der Waals surface area contributed by atoms with Crippen LogP contribution in [-0.2, 0) is 9.53 Å². The van der Waals surface area contributed by atoms with Crippen LogP contribution >= 0.6 is 22.7 Å². The van der Waals surface area contributed by atoms with Gasteiger partial charge in [0.1, 0.15) is 10.7 Å². The number of benzene rings is 1. The van der Waals surface area contributed by atoms with Crippen molar-refractivity contribution in [1.29, 1.82) is 0 Å². The molecular formula is C18H16N2O3S2. The maximum atomic E-state index is 12.6. The second-order valence-electron chi connectivity index (χ2n) is 5.23. The number of hydrogen-bond donors (Lipinski definition) is 1. The van der Waals surface area contributed by atoms with Crippen molar-refractivity contribution < 1.29 is 14.3 Å². The number of rotatable bonds is 6. The van der Waals surface area contributed by atoms with Gasteiger partial charge in [0, 0.05) is 5.38 Å². The van der Waals surface area contributed by atoms with Crippen LogP contribution in [0.2, 0.25) is 0 Å². The van der Waals surface area contributed by atoms with Crippen LogP contribution in [0.25, 0.3) is 9.88 Å². The number of nitrogens with zero attached hydrogens (tertiary/aromatic N) is 1. The van der Waals surface area contributed by atoms with Gasteiger partial charge in [0.2, 0.25) is 0 Å². The number of hydrogen-bond acceptors (Lipinski definition) is 6. The molecule has 25 heavy (non-hydrogen) atoms. The van der Waals surface area contributed by atoms with Gasteiger partial charge in [0.15, 0.2) is 0 Å². The minimum atomic E-state index is -0.465. The van der Waals surface area contributed by atoms with Crippen LogP contribution < -0.4 is 5.32 Å². The highest BCUT2D eigenvalue weighted by Gasteiger charge is 2.21. The zero-order valence-corrected chi connectivity index (χ0v) is 15.1. The maximum absolute atomic E-state index is 12.6. The van der Waals surface area contributed by atoms with Gasteiger partial charge in [-0.15, -0.1) is 22.7 Å². The predicted molar refractivity (Wildman–Crippen MR) is 98.7 cm³/mol. The van der Waals surface area contributed by atoms with E-state index in [2.05, 4.69) is 10.3 Å². The van der Waals surface area contributed by atoms with Crippen molar-refractivity contribution >= 4 is 34.6 Å². The Balaban J connectivity index is 1.77. The fraction of sp³-hybridized carbons (Fsp3) is 0.167. The van der Waals surface area contributed by atoms with Crippen LogP contribution in [0.5, 0.6) is 0 Å². The van der Waals surface area contributed by atoms with Gasteiger partial charge in [-0.1, -0.05) is 36.4 Å². The van der Waals surface area contributed by atoms with Crippen LogP contribution in [0.4, 0.5) is 0 Å². The average Bonchev–Trinajstić information content (AvgIpc) is 3.33. The number of thiazole rings is 1. The van der Waals surface area contributed by atoms with E-state index in [1.54, 1.807) is 16.7 Å². The number of nitrogens with one attached hydrogen (secondary N) is 1. The molecule has 1 aromatic carbocycles. The van der Waals surface area contributed by atoms with Crippen molar-refractivity contribution in [2.75, 3.05) is 7.11 Å². The zero-order valence-electron chi connectivity index (χ0n) is 13.5. The minimum Gasteiger partial charge on any atom is -0.469 e. The summed E-state index contributed by atoms with van der Waals surface area (Å²) in [5, 5.41) is 7.39. The quantitative estimate of drug-likeness (QED) is 0.666. The first-order chi connectivity index (χ1) is 12.2. The first kappa shape index (κ1) is 17.3. The topological polar surface area (TPSA) is 68.3 Å². The normalized spacial score (nSPS) is 11.7. The van der Waals surface area contributed by atoms with Crippen LogP contribution in [0.1, 0.15) is 28.5 Å². The molecule has 0 aliphatic rings. The molecule has 1 atom stereocenters. The number of carbonyl (C=O) groups excluding carboxylic acids is 2. The van der Waals surface area contributed by atoms with Crippen LogP contribution in [0, 0.1) is 0 Å². The third-order valence-electron chi connectivity index (χ3n) is 3.57. The molecule has 0 saturated carbocycles. The lowest BCUT2D eigenvalue weighted by Crippen LogP contribution is -2.30. The van der Waals surface area contributed by atoms with E-state index in [0.29, 0.717) is 5.69 Å². The summed E-state index contributed by atoms with van der Waals surface area (Å²) in [4.78, 5) is 29.7. The molecule has 3 rings (SSSR count). The number of esters is 1. The Morgan fingerprint density at radius 2 is 1.96 bits per heavy atom. The summed E-state index contributed by atoms with van der Waals surface area (Å²) >= 11 is 3.00. The lowest BCUT2D eigenvalue weighted by molar-refractivity contribution is -0.141. The Hall–Kier alpha value is -2.51. The van der Waals surface area contributed by atoms with E-state index in [1.807, 2.05) is 47.8 Å². The molecule has 0 aliphatic carbocycles. The SMILES string of the molecule is COC(=O)CC(NC(=O)c1csc(-c2cccs2)n1)c1ccccc1. The maximum Gasteiger partial charge on any atom is 0.307 e. The highest BCUT2D eigenvalue weighted by molar-refractivity contribution is 7.20. The molecule has 0 spiro atoms. The molecule has 0 saturated heterocycles. The Labute approximate surface area is 153 Å². The lowest BCUT2D eigenvalue weighted by atomic mass is 10.0. The van der Waals surface area contributed by atoms with Crippen molar-refractivity contribution in [3.05, 3.63) is 64.5 Å². The van der Waals surface area contributed by atoms with E-state index >= 15 is 0 Å². The molecular weight excluding hydrogens is 356 g/mol. The van der Waals surface area contributed by atoms with Crippen LogP contribution in [-0.4, -0.2) is 24.0 Å². The fourth-order valence-electron chi connectivity index (χ4n) is 2.31. The van der Waals surface area contributed by atoms with Gasteiger partial charge in [0.05, 0.1) is 24.4 Å². The number of carbonyl (C=O) groups is 2. The molecule has 128 valence electrons. The van der Waals surface area contributed by atoms with Gasteiger partial charge >= 0.3 is 5.97 Å². The first-order valence-corrected chi connectivity index (χ1v) is 9.35. The summed E-state index contributed by atoms with van der Waals surface area (Å²) in [6, 6.07) is 12.8.